The summed E-state index contributed by atoms with van der Waals surface area (Å²) in [5.41, 5.74) is 3.73. The van der Waals surface area contributed by atoms with Crippen LogP contribution >= 0.6 is 0 Å². The van der Waals surface area contributed by atoms with E-state index in [-0.39, 0.29) is 18.0 Å². The number of carbonyl (C=O) groups is 1. The first-order valence-corrected chi connectivity index (χ1v) is 11.9. The lowest BCUT2D eigenvalue weighted by Gasteiger charge is -2.35. The number of rotatable bonds is 9. The molecule has 0 aliphatic carbocycles. The van der Waals surface area contributed by atoms with Gasteiger partial charge < -0.3 is 21.1 Å². The topological polar surface area (TPSA) is 86.3 Å². The molecular weight excluding hydrogens is 424 g/mol. The molecule has 1 aromatic heterocycles. The monoisotopic (exact) mass is 458 g/mol. The number of nitrogens with zero attached hydrogens (tertiary/aromatic N) is 1. The first kappa shape index (κ1) is 23.8. The number of anilines is 2. The van der Waals surface area contributed by atoms with Gasteiger partial charge in [-0.3, -0.25) is 4.79 Å². The van der Waals surface area contributed by atoms with E-state index in [1.165, 1.54) is 11.1 Å². The van der Waals surface area contributed by atoms with Crippen molar-refractivity contribution in [3.05, 3.63) is 89.6 Å². The van der Waals surface area contributed by atoms with Crippen molar-refractivity contribution >= 4 is 17.5 Å². The van der Waals surface area contributed by atoms with Gasteiger partial charge in [-0.15, -0.1) is 0 Å². The molecule has 1 aliphatic rings. The van der Waals surface area contributed by atoms with E-state index in [2.05, 4.69) is 64.3 Å². The molecule has 2 heterocycles. The predicted molar refractivity (Wildman–Crippen MR) is 137 cm³/mol. The first-order chi connectivity index (χ1) is 16.3. The summed E-state index contributed by atoms with van der Waals surface area (Å²) >= 11 is 0. The second-order valence-electron chi connectivity index (χ2n) is 9.84. The number of hydrogen-bond acceptors (Lipinski definition) is 5. The van der Waals surface area contributed by atoms with Crippen LogP contribution in [0.4, 0.5) is 11.5 Å². The zero-order chi connectivity index (χ0) is 24.1. The summed E-state index contributed by atoms with van der Waals surface area (Å²) in [6, 6.07) is 23.0. The van der Waals surface area contributed by atoms with Crippen molar-refractivity contribution in [2.24, 2.45) is 5.41 Å². The zero-order valence-corrected chi connectivity index (χ0v) is 20.1. The number of aliphatic carboxylic acids is 1. The third-order valence-corrected chi connectivity index (χ3v) is 6.59. The Kier molecular flexibility index (Phi) is 7.17. The highest BCUT2D eigenvalue weighted by Crippen LogP contribution is 2.29. The molecule has 34 heavy (non-hydrogen) atoms. The molecule has 3 atom stereocenters. The van der Waals surface area contributed by atoms with Gasteiger partial charge in [0.15, 0.2) is 0 Å². The lowest BCUT2D eigenvalue weighted by Crippen LogP contribution is -2.45. The maximum Gasteiger partial charge on any atom is 0.309 e. The summed E-state index contributed by atoms with van der Waals surface area (Å²) in [5, 5.41) is 20.4. The second kappa shape index (κ2) is 10.3. The fourth-order valence-electron chi connectivity index (χ4n) is 4.48. The Morgan fingerprint density at radius 1 is 1.12 bits per heavy atom. The van der Waals surface area contributed by atoms with Crippen LogP contribution in [0, 0.1) is 5.41 Å². The summed E-state index contributed by atoms with van der Waals surface area (Å²) in [6.45, 7) is 7.34. The Morgan fingerprint density at radius 3 is 2.65 bits per heavy atom. The van der Waals surface area contributed by atoms with E-state index in [0.29, 0.717) is 6.42 Å². The fraction of sp³-hybridized carbons (Fsp3) is 0.357. The van der Waals surface area contributed by atoms with Gasteiger partial charge in [-0.2, -0.15) is 0 Å². The van der Waals surface area contributed by atoms with Crippen LogP contribution in [0.2, 0.25) is 0 Å². The van der Waals surface area contributed by atoms with Gasteiger partial charge >= 0.3 is 5.97 Å². The smallest absolute Gasteiger partial charge is 0.309 e. The highest BCUT2D eigenvalue weighted by Gasteiger charge is 2.29. The van der Waals surface area contributed by atoms with Crippen LogP contribution in [-0.2, 0) is 11.2 Å². The molecular formula is C28H34N4O2. The molecule has 178 valence electrons. The Morgan fingerprint density at radius 2 is 1.88 bits per heavy atom. The standard InChI is InChI=1S/C28H34N4O2/c1-19(22-12-7-9-20(15-22)16-28(2,3)27(33)34)17-31-25(21-10-5-4-6-11-21)24-18-30-23-13-8-14-29-26(23)32-24/h4-15,19,24-25,30-31H,16-18H2,1-3H3,(H,29,32)(H,33,34)/t19-,24+,25+/m0/s1. The van der Waals surface area contributed by atoms with Crippen molar-refractivity contribution in [3.8, 4) is 0 Å². The van der Waals surface area contributed by atoms with Crippen LogP contribution in [0.25, 0.3) is 0 Å². The molecule has 1 aliphatic heterocycles. The third kappa shape index (κ3) is 5.57. The molecule has 0 fully saturated rings. The van der Waals surface area contributed by atoms with Crippen molar-refractivity contribution in [1.29, 1.82) is 0 Å². The maximum absolute atomic E-state index is 11.6. The molecule has 0 saturated heterocycles. The number of hydrogen-bond donors (Lipinski definition) is 4. The van der Waals surface area contributed by atoms with Gasteiger partial charge in [-0.25, -0.2) is 4.98 Å². The molecule has 0 saturated carbocycles. The van der Waals surface area contributed by atoms with Gasteiger partial charge in [0, 0.05) is 19.3 Å². The highest BCUT2D eigenvalue weighted by molar-refractivity contribution is 5.74. The molecule has 0 amide bonds. The summed E-state index contributed by atoms with van der Waals surface area (Å²) in [5.74, 6) is 0.368. The number of aromatic nitrogens is 1. The Labute approximate surface area is 201 Å². The average molecular weight is 459 g/mol. The van der Waals surface area contributed by atoms with Crippen LogP contribution in [0.15, 0.2) is 72.9 Å². The Hall–Kier alpha value is -3.38. The normalized spacial score (nSPS) is 17.1. The Bertz CT molecular complexity index is 1120. The summed E-state index contributed by atoms with van der Waals surface area (Å²) in [6.07, 6.45) is 2.31. The summed E-state index contributed by atoms with van der Waals surface area (Å²) < 4.78 is 0. The van der Waals surface area contributed by atoms with Gasteiger partial charge in [0.25, 0.3) is 0 Å². The van der Waals surface area contributed by atoms with E-state index in [1.807, 2.05) is 36.5 Å². The van der Waals surface area contributed by atoms with E-state index >= 15 is 0 Å². The van der Waals surface area contributed by atoms with E-state index in [9.17, 15) is 9.90 Å². The van der Waals surface area contributed by atoms with Gasteiger partial charge in [-0.05, 0) is 55.0 Å². The number of pyridine rings is 1. The minimum absolute atomic E-state index is 0.0976. The minimum Gasteiger partial charge on any atom is -0.481 e. The molecule has 3 aromatic rings. The summed E-state index contributed by atoms with van der Waals surface area (Å²) in [4.78, 5) is 16.1. The van der Waals surface area contributed by atoms with Gasteiger partial charge in [0.1, 0.15) is 5.82 Å². The average Bonchev–Trinajstić information content (AvgIpc) is 2.84. The van der Waals surface area contributed by atoms with Crippen molar-refractivity contribution < 1.29 is 9.90 Å². The molecule has 6 nitrogen and oxygen atoms in total. The number of carboxylic acids is 1. The van der Waals surface area contributed by atoms with Crippen molar-refractivity contribution in [2.45, 2.75) is 45.2 Å². The molecule has 0 bridgehead atoms. The number of carboxylic acid groups (broad SMARTS) is 1. The molecule has 2 aromatic carbocycles. The SMILES string of the molecule is C[C@@H](CN[C@H](c1ccccc1)[C@H]1CNc2cccnc2N1)c1cccc(CC(C)(C)C(=O)O)c1. The van der Waals surface area contributed by atoms with Crippen molar-refractivity contribution in [3.63, 3.8) is 0 Å². The van der Waals surface area contributed by atoms with E-state index in [0.717, 1.165) is 30.2 Å². The highest BCUT2D eigenvalue weighted by atomic mass is 16.4. The van der Waals surface area contributed by atoms with E-state index in [4.69, 9.17) is 0 Å². The van der Waals surface area contributed by atoms with E-state index in [1.54, 1.807) is 13.8 Å². The van der Waals surface area contributed by atoms with Crippen molar-refractivity contribution in [1.82, 2.24) is 10.3 Å². The molecule has 0 unspecified atom stereocenters. The van der Waals surface area contributed by atoms with Crippen LogP contribution in [0.3, 0.4) is 0 Å². The molecule has 6 heteroatoms. The minimum atomic E-state index is -0.789. The number of fused-ring (bicyclic) bond motifs is 1. The fourth-order valence-corrected chi connectivity index (χ4v) is 4.48. The maximum atomic E-state index is 11.6. The number of benzene rings is 2. The lowest BCUT2D eigenvalue weighted by atomic mass is 9.85. The quantitative estimate of drug-likeness (QED) is 0.358. The van der Waals surface area contributed by atoms with E-state index < -0.39 is 11.4 Å². The van der Waals surface area contributed by atoms with Crippen molar-refractivity contribution in [2.75, 3.05) is 23.7 Å². The van der Waals surface area contributed by atoms with Gasteiger partial charge in [0.05, 0.1) is 23.2 Å². The molecule has 0 spiro atoms. The third-order valence-electron chi connectivity index (χ3n) is 6.59. The lowest BCUT2D eigenvalue weighted by molar-refractivity contribution is -0.146. The molecule has 0 radical (unpaired) electrons. The molecule has 4 rings (SSSR count). The van der Waals surface area contributed by atoms with Crippen LogP contribution in [0.1, 0.15) is 49.4 Å². The van der Waals surface area contributed by atoms with Crippen LogP contribution in [-0.4, -0.2) is 35.2 Å². The van der Waals surface area contributed by atoms with Crippen LogP contribution in [0.5, 0.6) is 0 Å². The van der Waals surface area contributed by atoms with Gasteiger partial charge in [0.2, 0.25) is 0 Å². The number of nitrogens with one attached hydrogen (secondary N) is 3. The van der Waals surface area contributed by atoms with Gasteiger partial charge in [-0.1, -0.05) is 61.5 Å². The molecule has 4 N–H and O–H groups in total. The second-order valence-corrected chi connectivity index (χ2v) is 9.84. The van der Waals surface area contributed by atoms with Crippen LogP contribution < -0.4 is 16.0 Å². The largest absolute Gasteiger partial charge is 0.481 e. The zero-order valence-electron chi connectivity index (χ0n) is 20.1. The summed E-state index contributed by atoms with van der Waals surface area (Å²) in [7, 11) is 0. The first-order valence-electron chi connectivity index (χ1n) is 11.9. The Balaban J connectivity index is 1.48. The predicted octanol–water partition coefficient (Wildman–Crippen LogP) is 5.08.